The Balaban J connectivity index is 1.52. The van der Waals surface area contributed by atoms with Crippen LogP contribution in [0.15, 0.2) is 78.9 Å². The molecule has 0 bridgehead atoms. The highest BCUT2D eigenvalue weighted by Crippen LogP contribution is 2.23. The van der Waals surface area contributed by atoms with E-state index in [2.05, 4.69) is 43.5 Å². The van der Waals surface area contributed by atoms with Crippen molar-refractivity contribution in [2.45, 2.75) is 32.3 Å². The van der Waals surface area contributed by atoms with Crippen LogP contribution in [0.25, 0.3) is 0 Å². The minimum atomic E-state index is 0.603. The molecule has 0 atom stereocenters. The number of hydrogen-bond acceptors (Lipinski definition) is 2. The van der Waals surface area contributed by atoms with Crippen molar-refractivity contribution in [3.63, 3.8) is 0 Å². The monoisotopic (exact) mass is 345 g/mol. The molecule has 2 heteroatoms. The molecule has 0 fully saturated rings. The molecular weight excluding hydrogens is 320 g/mol. The third kappa shape index (κ3) is 5.13. The summed E-state index contributed by atoms with van der Waals surface area (Å²) in [5.41, 5.74) is 3.67. The van der Waals surface area contributed by atoms with Gasteiger partial charge in [0.05, 0.1) is 0 Å². The number of hydrogen-bond donors (Lipinski definition) is 0. The number of ether oxygens (including phenoxy) is 2. The van der Waals surface area contributed by atoms with Crippen LogP contribution in [0.3, 0.4) is 0 Å². The summed E-state index contributed by atoms with van der Waals surface area (Å²) in [5.74, 6) is 1.86. The van der Waals surface area contributed by atoms with Crippen LogP contribution >= 0.6 is 0 Å². The molecule has 133 valence electrons. The van der Waals surface area contributed by atoms with E-state index in [-0.39, 0.29) is 0 Å². The Bertz CT molecular complexity index is 796. The zero-order valence-electron chi connectivity index (χ0n) is 15.1. The predicted molar refractivity (Wildman–Crippen MR) is 106 cm³/mol. The number of aryl methyl sites for hydroxylation is 2. The third-order valence-electron chi connectivity index (χ3n) is 4.48. The maximum Gasteiger partial charge on any atom is 0.122 e. The molecule has 0 amide bonds. The van der Waals surface area contributed by atoms with Gasteiger partial charge in [-0.25, -0.2) is 0 Å². The molecule has 2 nitrogen and oxygen atoms in total. The van der Waals surface area contributed by atoms with E-state index in [0.29, 0.717) is 6.61 Å². The Labute approximate surface area is 156 Å². The van der Waals surface area contributed by atoms with Gasteiger partial charge in [0.15, 0.2) is 0 Å². The number of para-hydroxylation sites is 2. The molecule has 26 heavy (non-hydrogen) atoms. The fraction of sp³-hybridized carbons (Fsp3) is 0.208. The Morgan fingerprint density at radius 2 is 1.15 bits per heavy atom. The topological polar surface area (TPSA) is 18.5 Å². The molecule has 3 aromatic rings. The summed E-state index contributed by atoms with van der Waals surface area (Å²) in [6.07, 6.45) is 4.22. The Kier molecular flexibility index (Phi) is 6.72. The molecule has 0 aromatic heterocycles. The van der Waals surface area contributed by atoms with E-state index in [1.54, 1.807) is 0 Å². The quantitative estimate of drug-likeness (QED) is 0.443. The largest absolute Gasteiger partial charge is 0.490 e. The summed E-state index contributed by atoms with van der Waals surface area (Å²) in [7, 11) is 3.53. The minimum Gasteiger partial charge on any atom is -0.490 e. The van der Waals surface area contributed by atoms with Gasteiger partial charge in [-0.3, -0.25) is 0 Å². The average molecular weight is 345 g/mol. The van der Waals surface area contributed by atoms with Crippen molar-refractivity contribution in [1.82, 2.24) is 0 Å². The van der Waals surface area contributed by atoms with Gasteiger partial charge in [-0.1, -0.05) is 66.7 Å². The van der Waals surface area contributed by atoms with Gasteiger partial charge in [-0.15, -0.1) is 0 Å². The van der Waals surface area contributed by atoms with Gasteiger partial charge >= 0.3 is 0 Å². The predicted octanol–water partition coefficient (Wildman–Crippen LogP) is 6.00. The van der Waals surface area contributed by atoms with Gasteiger partial charge in [-0.05, 0) is 54.5 Å². The van der Waals surface area contributed by atoms with E-state index < -0.39 is 0 Å². The van der Waals surface area contributed by atoms with Crippen LogP contribution in [-0.4, -0.2) is 0 Å². The molecular formula is C24H25O2. The van der Waals surface area contributed by atoms with Gasteiger partial charge in [0.2, 0.25) is 0 Å². The van der Waals surface area contributed by atoms with Crippen LogP contribution in [0, 0.1) is 7.11 Å². The fourth-order valence-electron chi connectivity index (χ4n) is 3.07. The summed E-state index contributed by atoms with van der Waals surface area (Å²) in [6.45, 7) is 0.603. The van der Waals surface area contributed by atoms with Gasteiger partial charge in [0.25, 0.3) is 0 Å². The van der Waals surface area contributed by atoms with Crippen LogP contribution in [0.1, 0.15) is 29.5 Å². The second kappa shape index (κ2) is 9.67. The van der Waals surface area contributed by atoms with Crippen molar-refractivity contribution < 1.29 is 9.47 Å². The first-order chi connectivity index (χ1) is 12.9. The lowest BCUT2D eigenvalue weighted by atomic mass is 10.0. The lowest BCUT2D eigenvalue weighted by Crippen LogP contribution is -1.99. The van der Waals surface area contributed by atoms with Gasteiger partial charge in [0.1, 0.15) is 25.2 Å². The first-order valence-corrected chi connectivity index (χ1v) is 9.11. The summed E-state index contributed by atoms with van der Waals surface area (Å²) in [4.78, 5) is 0. The molecule has 0 aliphatic rings. The average Bonchev–Trinajstić information content (AvgIpc) is 2.71. The molecule has 3 rings (SSSR count). The molecule has 0 aliphatic carbocycles. The van der Waals surface area contributed by atoms with E-state index in [1.165, 1.54) is 16.7 Å². The Morgan fingerprint density at radius 1 is 0.615 bits per heavy atom. The standard InChI is InChI=1S/C24H25O2/c1-25-23-17-9-7-14-21(23)13-5-6-15-22-16-8-10-18-24(22)26-19-20-11-3-2-4-12-20/h2-4,7-12,14,16-18H,1,5-6,13,15,19H2. The van der Waals surface area contributed by atoms with Crippen molar-refractivity contribution in [3.05, 3.63) is 103 Å². The normalized spacial score (nSPS) is 10.5. The summed E-state index contributed by atoms with van der Waals surface area (Å²) in [5, 5.41) is 0. The van der Waals surface area contributed by atoms with Gasteiger partial charge in [-0.2, -0.15) is 0 Å². The molecule has 3 aromatic carbocycles. The first-order valence-electron chi connectivity index (χ1n) is 9.11. The summed E-state index contributed by atoms with van der Waals surface area (Å²) < 4.78 is 11.2. The first kappa shape index (κ1) is 18.1. The Hall–Kier alpha value is -2.74. The van der Waals surface area contributed by atoms with Crippen LogP contribution in [-0.2, 0) is 19.4 Å². The molecule has 0 aliphatic heterocycles. The maximum atomic E-state index is 6.05. The minimum absolute atomic E-state index is 0.603. The van der Waals surface area contributed by atoms with Crippen LogP contribution < -0.4 is 9.47 Å². The van der Waals surface area contributed by atoms with Crippen molar-refractivity contribution >= 4 is 0 Å². The van der Waals surface area contributed by atoms with E-state index in [4.69, 9.17) is 9.47 Å². The van der Waals surface area contributed by atoms with Crippen molar-refractivity contribution in [1.29, 1.82) is 0 Å². The molecule has 0 N–H and O–H groups in total. The summed E-state index contributed by atoms with van der Waals surface area (Å²) in [6, 6.07) is 26.7. The lowest BCUT2D eigenvalue weighted by Gasteiger charge is -2.12. The van der Waals surface area contributed by atoms with E-state index in [9.17, 15) is 0 Å². The number of rotatable bonds is 9. The van der Waals surface area contributed by atoms with Crippen molar-refractivity contribution in [3.8, 4) is 11.5 Å². The van der Waals surface area contributed by atoms with Gasteiger partial charge < -0.3 is 9.47 Å². The van der Waals surface area contributed by atoms with Gasteiger partial charge in [0, 0.05) is 0 Å². The highest BCUT2D eigenvalue weighted by Gasteiger charge is 2.05. The number of benzene rings is 3. The molecule has 0 unspecified atom stereocenters. The molecule has 0 spiro atoms. The van der Waals surface area contributed by atoms with Crippen LogP contribution in [0.4, 0.5) is 0 Å². The second-order valence-corrected chi connectivity index (χ2v) is 6.34. The second-order valence-electron chi connectivity index (χ2n) is 6.34. The maximum absolute atomic E-state index is 6.05. The lowest BCUT2D eigenvalue weighted by molar-refractivity contribution is 0.302. The molecule has 0 saturated heterocycles. The molecule has 1 radical (unpaired) electrons. The van der Waals surface area contributed by atoms with Crippen LogP contribution in [0.5, 0.6) is 11.5 Å². The number of unbranched alkanes of at least 4 members (excludes halogenated alkanes) is 1. The third-order valence-corrected chi connectivity index (χ3v) is 4.48. The molecule has 0 saturated carbocycles. The van der Waals surface area contributed by atoms with E-state index in [1.807, 2.05) is 42.5 Å². The smallest absolute Gasteiger partial charge is 0.122 e. The zero-order valence-corrected chi connectivity index (χ0v) is 15.1. The summed E-state index contributed by atoms with van der Waals surface area (Å²) >= 11 is 0. The highest BCUT2D eigenvalue weighted by atomic mass is 16.5. The highest BCUT2D eigenvalue weighted by molar-refractivity contribution is 5.35. The van der Waals surface area contributed by atoms with E-state index >= 15 is 0 Å². The fourth-order valence-corrected chi connectivity index (χ4v) is 3.07. The van der Waals surface area contributed by atoms with E-state index in [0.717, 1.165) is 37.2 Å². The zero-order chi connectivity index (χ0) is 18.0. The van der Waals surface area contributed by atoms with Crippen LogP contribution in [0.2, 0.25) is 0 Å². The molecule has 0 heterocycles. The van der Waals surface area contributed by atoms with Crippen molar-refractivity contribution in [2.24, 2.45) is 0 Å². The van der Waals surface area contributed by atoms with Crippen molar-refractivity contribution in [2.75, 3.05) is 0 Å². The Morgan fingerprint density at radius 3 is 1.81 bits per heavy atom. The SMILES string of the molecule is [CH2]Oc1ccccc1CCCCc1ccccc1OCc1ccccc1.